The summed E-state index contributed by atoms with van der Waals surface area (Å²) in [6.45, 7) is 1.96. The van der Waals surface area contributed by atoms with Gasteiger partial charge in [0, 0.05) is 0 Å². The molecule has 0 radical (unpaired) electrons. The van der Waals surface area contributed by atoms with Crippen LogP contribution in [0.5, 0.6) is 5.75 Å². The topological polar surface area (TPSA) is 20.2 Å². The molecule has 1 nitrogen and oxygen atoms in total. The fraction of sp³-hybridized carbons (Fsp3) is 0.0714. The van der Waals surface area contributed by atoms with Crippen molar-refractivity contribution in [1.29, 1.82) is 0 Å². The predicted molar refractivity (Wildman–Crippen MR) is 119 cm³/mol. The number of fused-ring (bicyclic) bond motifs is 1. The minimum Gasteiger partial charge on any atom is -0.508 e. The van der Waals surface area contributed by atoms with Gasteiger partial charge in [-0.15, -0.1) is 0 Å². The second kappa shape index (κ2) is 6.79. The molecular formula is C28H22O. The number of phenols is 1. The van der Waals surface area contributed by atoms with Crippen LogP contribution in [0.25, 0.3) is 5.57 Å². The highest BCUT2D eigenvalue weighted by atomic mass is 16.3. The maximum absolute atomic E-state index is 10.6. The zero-order valence-electron chi connectivity index (χ0n) is 16.3. The second-order valence-corrected chi connectivity index (χ2v) is 7.65. The fourth-order valence-corrected chi connectivity index (χ4v) is 4.52. The van der Waals surface area contributed by atoms with Gasteiger partial charge in [-0.3, -0.25) is 0 Å². The van der Waals surface area contributed by atoms with E-state index in [2.05, 4.69) is 84.9 Å². The smallest absolute Gasteiger partial charge is 0.118 e. The van der Waals surface area contributed by atoms with Crippen LogP contribution in [0.2, 0.25) is 0 Å². The molecule has 29 heavy (non-hydrogen) atoms. The van der Waals surface area contributed by atoms with E-state index in [1.54, 1.807) is 0 Å². The number of benzene rings is 4. The van der Waals surface area contributed by atoms with Crippen molar-refractivity contribution in [1.82, 2.24) is 0 Å². The first-order chi connectivity index (χ1) is 14.2. The third-order valence-corrected chi connectivity index (χ3v) is 5.96. The molecule has 0 fully saturated rings. The van der Waals surface area contributed by atoms with Gasteiger partial charge in [0.2, 0.25) is 0 Å². The zero-order chi connectivity index (χ0) is 19.8. The second-order valence-electron chi connectivity index (χ2n) is 7.65. The molecular weight excluding hydrogens is 352 g/mol. The summed E-state index contributed by atoms with van der Waals surface area (Å²) >= 11 is 0. The van der Waals surface area contributed by atoms with E-state index in [1.807, 2.05) is 31.2 Å². The van der Waals surface area contributed by atoms with Crippen LogP contribution in [0.1, 0.15) is 33.4 Å². The molecule has 0 aliphatic heterocycles. The first-order valence-corrected chi connectivity index (χ1v) is 9.94. The van der Waals surface area contributed by atoms with Crippen LogP contribution in [0, 0.1) is 6.92 Å². The van der Waals surface area contributed by atoms with Crippen LogP contribution in [0.3, 0.4) is 0 Å². The molecule has 1 heteroatoms. The van der Waals surface area contributed by atoms with Gasteiger partial charge in [0.25, 0.3) is 0 Å². The van der Waals surface area contributed by atoms with Gasteiger partial charge in [0.05, 0.1) is 5.41 Å². The van der Waals surface area contributed by atoms with E-state index < -0.39 is 5.41 Å². The molecule has 0 atom stereocenters. The van der Waals surface area contributed by atoms with Crippen LogP contribution in [0.15, 0.2) is 109 Å². The van der Waals surface area contributed by atoms with Gasteiger partial charge in [-0.1, -0.05) is 97.1 Å². The van der Waals surface area contributed by atoms with Crippen molar-refractivity contribution in [3.63, 3.8) is 0 Å². The third kappa shape index (κ3) is 2.70. The van der Waals surface area contributed by atoms with Crippen molar-refractivity contribution < 1.29 is 5.11 Å². The van der Waals surface area contributed by atoms with Gasteiger partial charge >= 0.3 is 0 Å². The van der Waals surface area contributed by atoms with Crippen molar-refractivity contribution >= 4 is 5.57 Å². The summed E-state index contributed by atoms with van der Waals surface area (Å²) in [6.07, 6.45) is 2.37. The molecule has 0 bridgehead atoms. The van der Waals surface area contributed by atoms with E-state index in [-0.39, 0.29) is 0 Å². The Labute approximate surface area is 171 Å². The molecule has 0 unspecified atom stereocenters. The molecule has 1 aliphatic rings. The van der Waals surface area contributed by atoms with Crippen LogP contribution < -0.4 is 0 Å². The number of aromatic hydroxyl groups is 1. The summed E-state index contributed by atoms with van der Waals surface area (Å²) in [5, 5.41) is 10.6. The first kappa shape index (κ1) is 17.5. The lowest BCUT2D eigenvalue weighted by Crippen LogP contribution is -2.25. The Morgan fingerprint density at radius 2 is 1.17 bits per heavy atom. The summed E-state index contributed by atoms with van der Waals surface area (Å²) in [5.74, 6) is 0.336. The van der Waals surface area contributed by atoms with E-state index >= 15 is 0 Å². The Morgan fingerprint density at radius 3 is 1.72 bits per heavy atom. The summed E-state index contributed by atoms with van der Waals surface area (Å²) < 4.78 is 0. The number of hydrogen-bond acceptors (Lipinski definition) is 1. The Kier molecular flexibility index (Phi) is 4.10. The Hall–Kier alpha value is -3.58. The van der Waals surface area contributed by atoms with Crippen LogP contribution in [-0.2, 0) is 5.41 Å². The van der Waals surface area contributed by atoms with Crippen LogP contribution in [0.4, 0.5) is 0 Å². The summed E-state index contributed by atoms with van der Waals surface area (Å²) in [4.78, 5) is 0. The molecule has 5 rings (SSSR count). The average molecular weight is 374 g/mol. The van der Waals surface area contributed by atoms with Crippen LogP contribution >= 0.6 is 0 Å². The minimum atomic E-state index is -0.450. The van der Waals surface area contributed by atoms with Gasteiger partial charge in [-0.05, 0) is 58.0 Å². The largest absolute Gasteiger partial charge is 0.508 e. The van der Waals surface area contributed by atoms with E-state index in [4.69, 9.17) is 0 Å². The van der Waals surface area contributed by atoms with Crippen LogP contribution in [-0.4, -0.2) is 5.11 Å². The minimum absolute atomic E-state index is 0.336. The highest BCUT2D eigenvalue weighted by Gasteiger charge is 2.42. The van der Waals surface area contributed by atoms with Crippen molar-refractivity contribution in [3.05, 3.63) is 143 Å². The van der Waals surface area contributed by atoms with Crippen molar-refractivity contribution in [2.45, 2.75) is 12.3 Å². The molecule has 4 aromatic rings. The van der Waals surface area contributed by atoms with Crippen molar-refractivity contribution in [2.75, 3.05) is 0 Å². The predicted octanol–water partition coefficient (Wildman–Crippen LogP) is 6.48. The molecule has 1 aliphatic carbocycles. The number of allylic oxidation sites excluding steroid dienone is 1. The number of aryl methyl sites for hydroxylation is 1. The molecule has 0 amide bonds. The van der Waals surface area contributed by atoms with Crippen molar-refractivity contribution in [3.8, 4) is 5.75 Å². The highest BCUT2D eigenvalue weighted by Crippen LogP contribution is 2.52. The molecule has 4 aromatic carbocycles. The maximum Gasteiger partial charge on any atom is 0.118 e. The molecule has 0 heterocycles. The van der Waals surface area contributed by atoms with Gasteiger partial charge in [-0.25, -0.2) is 0 Å². The van der Waals surface area contributed by atoms with E-state index in [9.17, 15) is 5.11 Å². The number of hydrogen-bond donors (Lipinski definition) is 1. The van der Waals surface area contributed by atoms with Gasteiger partial charge in [0.1, 0.15) is 5.75 Å². The molecule has 0 spiro atoms. The SMILES string of the molecule is Cc1cc2c(cc1O)C(c1ccccc1)(c1ccccc1)C=C2c1ccccc1. The molecule has 0 saturated carbocycles. The lowest BCUT2D eigenvalue weighted by atomic mass is 9.71. The van der Waals surface area contributed by atoms with Gasteiger partial charge < -0.3 is 5.11 Å². The van der Waals surface area contributed by atoms with Gasteiger partial charge in [-0.2, -0.15) is 0 Å². The standard InChI is InChI=1S/C28H22O/c1-20-17-24-25(21-11-5-2-6-12-21)19-28(26(24)18-27(20)29,22-13-7-3-8-14-22)23-15-9-4-10-16-23/h2-19,29H,1H3. The number of phenolic OH excluding ortho intramolecular Hbond substituents is 1. The fourth-order valence-electron chi connectivity index (χ4n) is 4.52. The number of rotatable bonds is 3. The molecule has 1 N–H and O–H groups in total. The lowest BCUT2D eigenvalue weighted by Gasteiger charge is -2.31. The zero-order valence-corrected chi connectivity index (χ0v) is 16.3. The Balaban J connectivity index is 1.91. The quantitative estimate of drug-likeness (QED) is 0.435. The first-order valence-electron chi connectivity index (χ1n) is 9.94. The third-order valence-electron chi connectivity index (χ3n) is 5.96. The lowest BCUT2D eigenvalue weighted by molar-refractivity contribution is 0.469. The molecule has 0 saturated heterocycles. The van der Waals surface area contributed by atoms with E-state index in [0.29, 0.717) is 5.75 Å². The highest BCUT2D eigenvalue weighted by molar-refractivity contribution is 5.90. The van der Waals surface area contributed by atoms with E-state index in [1.165, 1.54) is 27.8 Å². The van der Waals surface area contributed by atoms with E-state index in [0.717, 1.165) is 11.1 Å². The summed E-state index contributed by atoms with van der Waals surface area (Å²) in [7, 11) is 0. The summed E-state index contributed by atoms with van der Waals surface area (Å²) in [5.41, 5.74) is 7.53. The molecule has 0 aromatic heterocycles. The average Bonchev–Trinajstić information content (AvgIpc) is 3.11. The molecule has 140 valence electrons. The van der Waals surface area contributed by atoms with Gasteiger partial charge in [0.15, 0.2) is 0 Å². The Bertz CT molecular complexity index is 1150. The van der Waals surface area contributed by atoms with Crippen molar-refractivity contribution in [2.24, 2.45) is 0 Å². The normalized spacial score (nSPS) is 14.3. The maximum atomic E-state index is 10.6. The monoisotopic (exact) mass is 374 g/mol. The Morgan fingerprint density at radius 1 is 0.655 bits per heavy atom. The summed E-state index contributed by atoms with van der Waals surface area (Å²) in [6, 6.07) is 35.7.